The highest BCUT2D eigenvalue weighted by molar-refractivity contribution is 8.03. The quantitative estimate of drug-likeness (QED) is 0.669. The molecule has 1 aliphatic heterocycles. The zero-order chi connectivity index (χ0) is 14.5. The molecule has 0 unspecified atom stereocenters. The zero-order valence-corrected chi connectivity index (χ0v) is 12.5. The van der Waals surface area contributed by atoms with Crippen molar-refractivity contribution in [2.24, 2.45) is 0 Å². The summed E-state index contributed by atoms with van der Waals surface area (Å²) in [5.74, 6) is -0.386. The summed E-state index contributed by atoms with van der Waals surface area (Å²) in [5, 5.41) is 3.53. The van der Waals surface area contributed by atoms with Crippen LogP contribution in [0.3, 0.4) is 0 Å². The number of nitrogens with one attached hydrogen (secondary N) is 1. The topological polar surface area (TPSA) is 49.4 Å². The van der Waals surface area contributed by atoms with Gasteiger partial charge in [-0.3, -0.25) is 9.59 Å². The van der Waals surface area contributed by atoms with Gasteiger partial charge in [0, 0.05) is 24.1 Å². The van der Waals surface area contributed by atoms with Gasteiger partial charge in [0.15, 0.2) is 5.78 Å². The first-order valence-corrected chi connectivity index (χ1v) is 7.53. The number of ketones is 1. The first-order valence-electron chi connectivity index (χ1n) is 6.71. The largest absolute Gasteiger partial charge is 0.356 e. The fourth-order valence-corrected chi connectivity index (χ4v) is 3.28. The molecule has 1 aromatic carbocycles. The summed E-state index contributed by atoms with van der Waals surface area (Å²) in [7, 11) is 0. The second-order valence-electron chi connectivity index (χ2n) is 4.39. The van der Waals surface area contributed by atoms with Crippen molar-refractivity contribution < 1.29 is 9.59 Å². The van der Waals surface area contributed by atoms with Crippen molar-refractivity contribution in [2.75, 3.05) is 18.0 Å². The number of thioether (sulfide) groups is 1. The first-order chi connectivity index (χ1) is 9.65. The Morgan fingerprint density at radius 3 is 2.75 bits per heavy atom. The number of para-hydroxylation sites is 1. The number of allylic oxidation sites excluding steroid dienone is 1. The molecular weight excluding hydrogens is 272 g/mol. The van der Waals surface area contributed by atoms with E-state index >= 15 is 0 Å². The lowest BCUT2D eigenvalue weighted by atomic mass is 10.2. The van der Waals surface area contributed by atoms with Crippen molar-refractivity contribution in [1.29, 1.82) is 0 Å². The van der Waals surface area contributed by atoms with Crippen LogP contribution in [0.15, 0.2) is 40.3 Å². The molecular formula is C15H18N2O2S. The fourth-order valence-electron chi connectivity index (χ4n) is 2.09. The SMILES string of the molecule is CCNC(=O)CC(=O)/C=C1\Sc2ccccc2N1CC. The summed E-state index contributed by atoms with van der Waals surface area (Å²) >= 11 is 1.57. The molecule has 0 fully saturated rings. The lowest BCUT2D eigenvalue weighted by Gasteiger charge is -2.17. The molecule has 0 saturated heterocycles. The third-order valence-corrected chi connectivity index (χ3v) is 4.06. The number of amides is 1. The molecule has 106 valence electrons. The van der Waals surface area contributed by atoms with E-state index in [1.807, 2.05) is 38.1 Å². The number of carbonyl (C=O) groups excluding carboxylic acids is 2. The number of benzene rings is 1. The standard InChI is InChI=1S/C15H18N2O2S/c1-3-16-14(19)9-11(18)10-15-17(4-2)12-7-5-6-8-13(12)20-15/h5-8,10H,3-4,9H2,1-2H3,(H,16,19)/b15-10-. The fraction of sp³-hybridized carbons (Fsp3) is 0.333. The van der Waals surface area contributed by atoms with E-state index in [0.29, 0.717) is 6.54 Å². The Bertz CT molecular complexity index is 555. The summed E-state index contributed by atoms with van der Waals surface area (Å²) in [6.07, 6.45) is 1.48. The predicted octanol–water partition coefficient (Wildman–Crippen LogP) is 2.56. The van der Waals surface area contributed by atoms with Gasteiger partial charge in [0.2, 0.25) is 5.91 Å². The van der Waals surface area contributed by atoms with Gasteiger partial charge in [0.05, 0.1) is 17.1 Å². The minimum Gasteiger partial charge on any atom is -0.356 e. The van der Waals surface area contributed by atoms with Crippen LogP contribution in [0.5, 0.6) is 0 Å². The Kier molecular flexibility index (Phi) is 4.84. The average Bonchev–Trinajstić information content (AvgIpc) is 2.75. The number of carbonyl (C=O) groups is 2. The molecule has 1 amide bonds. The van der Waals surface area contributed by atoms with Crippen LogP contribution < -0.4 is 10.2 Å². The van der Waals surface area contributed by atoms with Gasteiger partial charge in [-0.05, 0) is 26.0 Å². The van der Waals surface area contributed by atoms with Crippen molar-refractivity contribution in [2.45, 2.75) is 25.2 Å². The zero-order valence-electron chi connectivity index (χ0n) is 11.7. The second kappa shape index (κ2) is 6.61. The van der Waals surface area contributed by atoms with E-state index in [1.54, 1.807) is 17.8 Å². The maximum atomic E-state index is 11.9. The number of fused-ring (bicyclic) bond motifs is 1. The third kappa shape index (κ3) is 3.22. The first kappa shape index (κ1) is 14.7. The number of hydrogen-bond donors (Lipinski definition) is 1. The lowest BCUT2D eigenvalue weighted by molar-refractivity contribution is -0.126. The highest BCUT2D eigenvalue weighted by Crippen LogP contribution is 2.45. The van der Waals surface area contributed by atoms with Gasteiger partial charge in [0.25, 0.3) is 0 Å². The van der Waals surface area contributed by atoms with Crippen molar-refractivity contribution >= 4 is 29.1 Å². The molecule has 0 bridgehead atoms. The monoisotopic (exact) mass is 290 g/mol. The van der Waals surface area contributed by atoms with E-state index in [4.69, 9.17) is 0 Å². The highest BCUT2D eigenvalue weighted by Gasteiger charge is 2.24. The second-order valence-corrected chi connectivity index (χ2v) is 5.46. The molecule has 1 aliphatic rings. The van der Waals surface area contributed by atoms with Crippen LogP contribution in [0.25, 0.3) is 0 Å². The predicted molar refractivity (Wildman–Crippen MR) is 81.7 cm³/mol. The molecule has 0 aliphatic carbocycles. The number of anilines is 1. The minimum absolute atomic E-state index is 0.0915. The summed E-state index contributed by atoms with van der Waals surface area (Å²) in [4.78, 5) is 26.6. The van der Waals surface area contributed by atoms with Gasteiger partial charge in [-0.2, -0.15) is 0 Å². The molecule has 5 heteroatoms. The Morgan fingerprint density at radius 1 is 1.30 bits per heavy atom. The van der Waals surface area contributed by atoms with Gasteiger partial charge < -0.3 is 10.2 Å². The van der Waals surface area contributed by atoms with Crippen molar-refractivity contribution in [3.8, 4) is 0 Å². The molecule has 20 heavy (non-hydrogen) atoms. The van der Waals surface area contributed by atoms with Gasteiger partial charge in [-0.1, -0.05) is 23.9 Å². The van der Waals surface area contributed by atoms with Crippen LogP contribution in [-0.4, -0.2) is 24.8 Å². The van der Waals surface area contributed by atoms with E-state index in [9.17, 15) is 9.59 Å². The van der Waals surface area contributed by atoms with Gasteiger partial charge >= 0.3 is 0 Å². The Labute approximate surface area is 123 Å². The molecule has 0 spiro atoms. The van der Waals surface area contributed by atoms with Crippen LogP contribution in [0, 0.1) is 0 Å². The minimum atomic E-state index is -0.224. The van der Waals surface area contributed by atoms with Crippen molar-refractivity contribution in [1.82, 2.24) is 5.32 Å². The van der Waals surface area contributed by atoms with Gasteiger partial charge in [0.1, 0.15) is 0 Å². The molecule has 1 N–H and O–H groups in total. The Morgan fingerprint density at radius 2 is 2.05 bits per heavy atom. The van der Waals surface area contributed by atoms with Crippen LogP contribution >= 0.6 is 11.8 Å². The van der Waals surface area contributed by atoms with E-state index in [0.717, 1.165) is 22.2 Å². The van der Waals surface area contributed by atoms with Gasteiger partial charge in [-0.15, -0.1) is 0 Å². The summed E-state index contributed by atoms with van der Waals surface area (Å²) < 4.78 is 0. The number of hydrogen-bond acceptors (Lipinski definition) is 4. The molecule has 0 saturated carbocycles. The van der Waals surface area contributed by atoms with Gasteiger partial charge in [-0.25, -0.2) is 0 Å². The van der Waals surface area contributed by atoms with Crippen LogP contribution in [0.4, 0.5) is 5.69 Å². The summed E-state index contributed by atoms with van der Waals surface area (Å²) in [5.41, 5.74) is 1.12. The van der Waals surface area contributed by atoms with E-state index in [2.05, 4.69) is 10.2 Å². The summed E-state index contributed by atoms with van der Waals surface area (Å²) in [6.45, 7) is 5.22. The summed E-state index contributed by atoms with van der Waals surface area (Å²) in [6, 6.07) is 8.05. The van der Waals surface area contributed by atoms with Crippen molar-refractivity contribution in [3.05, 3.63) is 35.4 Å². The van der Waals surface area contributed by atoms with E-state index < -0.39 is 0 Å². The maximum Gasteiger partial charge on any atom is 0.227 e. The van der Waals surface area contributed by atoms with E-state index in [-0.39, 0.29) is 18.1 Å². The van der Waals surface area contributed by atoms with E-state index in [1.165, 1.54) is 0 Å². The Hall–Kier alpha value is -1.75. The molecule has 0 radical (unpaired) electrons. The molecule has 0 atom stereocenters. The smallest absolute Gasteiger partial charge is 0.227 e. The molecule has 1 aromatic rings. The van der Waals surface area contributed by atoms with Crippen LogP contribution in [-0.2, 0) is 9.59 Å². The number of rotatable bonds is 5. The lowest BCUT2D eigenvalue weighted by Crippen LogP contribution is -2.25. The highest BCUT2D eigenvalue weighted by atomic mass is 32.2. The van der Waals surface area contributed by atoms with Crippen molar-refractivity contribution in [3.63, 3.8) is 0 Å². The molecule has 4 nitrogen and oxygen atoms in total. The molecule has 0 aromatic heterocycles. The Balaban J connectivity index is 2.12. The maximum absolute atomic E-state index is 11.9. The molecule has 1 heterocycles. The third-order valence-electron chi connectivity index (χ3n) is 2.95. The number of nitrogens with zero attached hydrogens (tertiary/aromatic N) is 1. The van der Waals surface area contributed by atoms with Crippen LogP contribution in [0.1, 0.15) is 20.3 Å². The van der Waals surface area contributed by atoms with Crippen LogP contribution in [0.2, 0.25) is 0 Å². The normalized spacial score (nSPS) is 15.3. The average molecular weight is 290 g/mol. The molecule has 2 rings (SSSR count).